The summed E-state index contributed by atoms with van der Waals surface area (Å²) >= 11 is 0. The second-order valence-corrected chi connectivity index (χ2v) is 6.20. The number of hydroxylamine groups is 2. The molecule has 0 saturated carbocycles. The first-order valence-electron chi connectivity index (χ1n) is 9.07. The van der Waals surface area contributed by atoms with E-state index in [2.05, 4.69) is 5.32 Å². The average molecular weight is 376 g/mol. The zero-order valence-electron chi connectivity index (χ0n) is 15.1. The van der Waals surface area contributed by atoms with Crippen LogP contribution in [0.25, 0.3) is 0 Å². The predicted octanol–water partition coefficient (Wildman–Crippen LogP) is 2.47. The lowest BCUT2D eigenvalue weighted by Gasteiger charge is -2.12. The first-order chi connectivity index (χ1) is 13.1. The molecule has 1 fully saturated rings. The number of amides is 3. The van der Waals surface area contributed by atoms with Gasteiger partial charge in [-0.1, -0.05) is 43.2 Å². The van der Waals surface area contributed by atoms with Gasteiger partial charge in [-0.3, -0.25) is 9.59 Å². The Morgan fingerprint density at radius 2 is 1.63 bits per heavy atom. The molecule has 0 aliphatic carbocycles. The first kappa shape index (κ1) is 20.4. The molecule has 1 aromatic rings. The SMILES string of the molecule is O=C(CCCCCCNC(=O)OCc1ccccc1)ON1C(=O)CCC1=O. The second-order valence-electron chi connectivity index (χ2n) is 6.20. The number of rotatable bonds is 10. The van der Waals surface area contributed by atoms with Crippen LogP contribution in [0.1, 0.15) is 50.5 Å². The fraction of sp³-hybridized carbons (Fsp3) is 0.474. The van der Waals surface area contributed by atoms with Gasteiger partial charge >= 0.3 is 12.1 Å². The molecule has 3 amide bonds. The highest BCUT2D eigenvalue weighted by Crippen LogP contribution is 2.13. The molecule has 0 aromatic heterocycles. The zero-order valence-corrected chi connectivity index (χ0v) is 15.1. The minimum Gasteiger partial charge on any atom is -0.445 e. The van der Waals surface area contributed by atoms with Crippen molar-refractivity contribution < 1.29 is 28.8 Å². The third-order valence-corrected chi connectivity index (χ3v) is 3.99. The van der Waals surface area contributed by atoms with E-state index in [1.54, 1.807) is 0 Å². The third kappa shape index (κ3) is 7.47. The Morgan fingerprint density at radius 3 is 2.33 bits per heavy atom. The summed E-state index contributed by atoms with van der Waals surface area (Å²) in [4.78, 5) is 50.6. The van der Waals surface area contributed by atoms with E-state index in [9.17, 15) is 19.2 Å². The highest BCUT2D eigenvalue weighted by molar-refractivity contribution is 6.01. The third-order valence-electron chi connectivity index (χ3n) is 3.99. The van der Waals surface area contributed by atoms with Gasteiger partial charge in [-0.05, 0) is 18.4 Å². The summed E-state index contributed by atoms with van der Waals surface area (Å²) in [5.74, 6) is -1.53. The fourth-order valence-corrected chi connectivity index (χ4v) is 2.52. The standard InChI is InChI=1S/C19H24N2O6/c22-16-11-12-17(23)21(16)27-18(24)10-6-1-2-7-13-20-19(25)26-14-15-8-4-3-5-9-15/h3-5,8-9H,1-2,6-7,10-14H2,(H,20,25). The largest absolute Gasteiger partial charge is 0.445 e. The van der Waals surface area contributed by atoms with Gasteiger partial charge in [-0.15, -0.1) is 5.06 Å². The minimum absolute atomic E-state index is 0.0902. The highest BCUT2D eigenvalue weighted by Gasteiger charge is 2.32. The maximum absolute atomic E-state index is 11.6. The maximum atomic E-state index is 11.6. The summed E-state index contributed by atoms with van der Waals surface area (Å²) in [6, 6.07) is 9.43. The van der Waals surface area contributed by atoms with Crippen molar-refractivity contribution >= 4 is 23.9 Å². The number of imide groups is 1. The minimum atomic E-state index is -0.582. The summed E-state index contributed by atoms with van der Waals surface area (Å²) in [6.07, 6.45) is 2.82. The van der Waals surface area contributed by atoms with Crippen LogP contribution < -0.4 is 5.32 Å². The van der Waals surface area contributed by atoms with Gasteiger partial charge in [0, 0.05) is 25.8 Å². The van der Waals surface area contributed by atoms with Crippen LogP contribution in [-0.4, -0.2) is 35.5 Å². The van der Waals surface area contributed by atoms with E-state index < -0.39 is 23.9 Å². The fourth-order valence-electron chi connectivity index (χ4n) is 2.52. The van der Waals surface area contributed by atoms with Crippen LogP contribution in [0.2, 0.25) is 0 Å². The number of carbonyl (C=O) groups is 4. The number of unbranched alkanes of at least 4 members (excludes halogenated alkanes) is 3. The van der Waals surface area contributed by atoms with Crippen molar-refractivity contribution in [3.8, 4) is 0 Å². The van der Waals surface area contributed by atoms with Crippen LogP contribution in [0, 0.1) is 0 Å². The van der Waals surface area contributed by atoms with Crippen LogP contribution in [0.5, 0.6) is 0 Å². The number of ether oxygens (including phenoxy) is 1. The number of nitrogens with one attached hydrogen (secondary N) is 1. The smallest absolute Gasteiger partial charge is 0.407 e. The molecule has 27 heavy (non-hydrogen) atoms. The van der Waals surface area contributed by atoms with Crippen molar-refractivity contribution in [1.82, 2.24) is 10.4 Å². The van der Waals surface area contributed by atoms with Crippen molar-refractivity contribution in [2.75, 3.05) is 6.54 Å². The number of benzene rings is 1. The molecule has 1 saturated heterocycles. The Bertz CT molecular complexity index is 645. The van der Waals surface area contributed by atoms with Gasteiger partial charge in [-0.2, -0.15) is 0 Å². The van der Waals surface area contributed by atoms with E-state index in [0.29, 0.717) is 18.0 Å². The van der Waals surface area contributed by atoms with Crippen molar-refractivity contribution in [2.24, 2.45) is 0 Å². The van der Waals surface area contributed by atoms with E-state index in [4.69, 9.17) is 9.57 Å². The van der Waals surface area contributed by atoms with Crippen LogP contribution in [0.15, 0.2) is 30.3 Å². The van der Waals surface area contributed by atoms with E-state index in [1.807, 2.05) is 30.3 Å². The number of carbonyl (C=O) groups excluding carboxylic acids is 4. The lowest BCUT2D eigenvalue weighted by molar-refractivity contribution is -0.197. The maximum Gasteiger partial charge on any atom is 0.407 e. The molecule has 8 heteroatoms. The van der Waals surface area contributed by atoms with E-state index in [1.165, 1.54) is 0 Å². The van der Waals surface area contributed by atoms with Crippen LogP contribution in [0.4, 0.5) is 4.79 Å². The first-order valence-corrected chi connectivity index (χ1v) is 9.07. The Morgan fingerprint density at radius 1 is 0.963 bits per heavy atom. The molecular formula is C19H24N2O6. The van der Waals surface area contributed by atoms with Crippen molar-refractivity contribution in [3.05, 3.63) is 35.9 Å². The molecule has 1 N–H and O–H groups in total. The lowest BCUT2D eigenvalue weighted by atomic mass is 10.1. The van der Waals surface area contributed by atoms with Gasteiger partial charge in [-0.25, -0.2) is 9.59 Å². The molecule has 0 unspecified atom stereocenters. The van der Waals surface area contributed by atoms with Crippen molar-refractivity contribution in [2.45, 2.75) is 51.6 Å². The summed E-state index contributed by atoms with van der Waals surface area (Å²) in [7, 11) is 0. The molecule has 2 rings (SSSR count). The molecule has 1 aromatic carbocycles. The molecule has 146 valence electrons. The molecule has 0 atom stereocenters. The van der Waals surface area contributed by atoms with E-state index in [-0.39, 0.29) is 25.9 Å². The molecule has 8 nitrogen and oxygen atoms in total. The Labute approximate surface area is 157 Å². The molecular weight excluding hydrogens is 352 g/mol. The Balaban J connectivity index is 1.45. The van der Waals surface area contributed by atoms with Crippen molar-refractivity contribution in [3.63, 3.8) is 0 Å². The van der Waals surface area contributed by atoms with Crippen LogP contribution in [0.3, 0.4) is 0 Å². The molecule has 0 spiro atoms. The zero-order chi connectivity index (χ0) is 19.5. The number of nitrogens with zero attached hydrogens (tertiary/aromatic N) is 1. The molecule has 0 bridgehead atoms. The van der Waals surface area contributed by atoms with Gasteiger partial charge in [0.15, 0.2) is 0 Å². The van der Waals surface area contributed by atoms with Crippen LogP contribution >= 0.6 is 0 Å². The lowest BCUT2D eigenvalue weighted by Crippen LogP contribution is -2.31. The van der Waals surface area contributed by atoms with Crippen LogP contribution in [-0.2, 0) is 30.6 Å². The normalized spacial score (nSPS) is 13.6. The highest BCUT2D eigenvalue weighted by atomic mass is 16.7. The monoisotopic (exact) mass is 376 g/mol. The Hall–Kier alpha value is -2.90. The number of hydrogen-bond acceptors (Lipinski definition) is 6. The van der Waals surface area contributed by atoms with Gasteiger partial charge in [0.05, 0.1) is 0 Å². The predicted molar refractivity (Wildman–Crippen MR) is 94.9 cm³/mol. The molecule has 1 aliphatic rings. The second kappa shape index (κ2) is 10.9. The van der Waals surface area contributed by atoms with Gasteiger partial charge in [0.2, 0.25) is 0 Å². The van der Waals surface area contributed by atoms with Gasteiger partial charge in [0.25, 0.3) is 11.8 Å². The molecule has 0 radical (unpaired) electrons. The molecule has 1 aliphatic heterocycles. The van der Waals surface area contributed by atoms with E-state index in [0.717, 1.165) is 24.8 Å². The summed E-state index contributed by atoms with van der Waals surface area (Å²) in [5.41, 5.74) is 0.928. The van der Waals surface area contributed by atoms with E-state index >= 15 is 0 Å². The van der Waals surface area contributed by atoms with Crippen molar-refractivity contribution in [1.29, 1.82) is 0 Å². The quantitative estimate of drug-likeness (QED) is 0.497. The number of hydrogen-bond donors (Lipinski definition) is 1. The number of alkyl carbamates (subject to hydrolysis) is 1. The summed E-state index contributed by atoms with van der Waals surface area (Å²) in [5, 5.41) is 3.24. The molecule has 1 heterocycles. The van der Waals surface area contributed by atoms with Gasteiger partial charge in [0.1, 0.15) is 6.61 Å². The Kier molecular flexibility index (Phi) is 8.28. The average Bonchev–Trinajstić information content (AvgIpc) is 2.98. The topological polar surface area (TPSA) is 102 Å². The summed E-state index contributed by atoms with van der Waals surface area (Å²) in [6.45, 7) is 0.728. The summed E-state index contributed by atoms with van der Waals surface area (Å²) < 4.78 is 5.10. The van der Waals surface area contributed by atoms with Gasteiger partial charge < -0.3 is 14.9 Å².